The highest BCUT2D eigenvalue weighted by Crippen LogP contribution is 2.41. The molecule has 1 aromatic carbocycles. The second-order valence-corrected chi connectivity index (χ2v) is 7.48. The summed E-state index contributed by atoms with van der Waals surface area (Å²) in [6.07, 6.45) is 1.99. The van der Waals surface area contributed by atoms with E-state index in [9.17, 15) is 22.8 Å². The second-order valence-electron chi connectivity index (χ2n) is 7.48. The van der Waals surface area contributed by atoms with Crippen LogP contribution in [0.5, 0.6) is 0 Å². The Morgan fingerprint density at radius 2 is 1.94 bits per heavy atom. The summed E-state index contributed by atoms with van der Waals surface area (Å²) in [6.45, 7) is 5.86. The molecule has 0 radical (unpaired) electrons. The van der Waals surface area contributed by atoms with Gasteiger partial charge in [0, 0.05) is 36.7 Å². The highest BCUT2D eigenvalue weighted by molar-refractivity contribution is 6.03. The third-order valence-electron chi connectivity index (χ3n) is 5.06. The summed E-state index contributed by atoms with van der Waals surface area (Å²) >= 11 is 0. The molecule has 1 aliphatic rings. The maximum atomic E-state index is 13.6. The van der Waals surface area contributed by atoms with E-state index in [0.717, 1.165) is 5.56 Å². The van der Waals surface area contributed by atoms with Gasteiger partial charge in [0.2, 0.25) is 5.92 Å². The summed E-state index contributed by atoms with van der Waals surface area (Å²) in [7, 11) is 0. The van der Waals surface area contributed by atoms with Crippen molar-refractivity contribution >= 4 is 16.8 Å². The number of hydrogen-bond acceptors (Lipinski definition) is 3. The number of nitrogens with two attached hydrogens (primary N) is 1. The largest absolute Gasteiger partial charge is 0.364 e. The van der Waals surface area contributed by atoms with Gasteiger partial charge in [-0.1, -0.05) is 26.0 Å². The van der Waals surface area contributed by atoms with Crippen molar-refractivity contribution in [3.63, 3.8) is 0 Å². The SMILES string of the molecule is CC.Cc1cccc(F)c1.NC(=O)c1nccc2[nH]c([C@H]3CCCC(F)(F)C3)cc(=O)c12. The quantitative estimate of drug-likeness (QED) is 0.546. The monoisotopic (exact) mass is 447 g/mol. The average molecular weight is 448 g/mol. The van der Waals surface area contributed by atoms with Crippen LogP contribution in [0.3, 0.4) is 0 Å². The fraction of sp³-hybridized carbons (Fsp3) is 0.375. The van der Waals surface area contributed by atoms with Crippen LogP contribution >= 0.6 is 0 Å². The van der Waals surface area contributed by atoms with Crippen molar-refractivity contribution in [3.05, 3.63) is 75.6 Å². The van der Waals surface area contributed by atoms with Crippen LogP contribution in [-0.4, -0.2) is 21.8 Å². The number of hydrogen-bond donors (Lipinski definition) is 2. The highest BCUT2D eigenvalue weighted by atomic mass is 19.3. The smallest absolute Gasteiger partial charge is 0.268 e. The van der Waals surface area contributed by atoms with Crippen molar-refractivity contribution in [3.8, 4) is 0 Å². The molecule has 0 saturated heterocycles. The summed E-state index contributed by atoms with van der Waals surface area (Å²) in [5.41, 5.74) is 6.49. The molecule has 32 heavy (non-hydrogen) atoms. The zero-order chi connectivity index (χ0) is 23.9. The predicted octanol–water partition coefficient (Wildman–Crippen LogP) is 5.48. The number of halogens is 3. The third-order valence-corrected chi connectivity index (χ3v) is 5.06. The van der Waals surface area contributed by atoms with Crippen molar-refractivity contribution < 1.29 is 18.0 Å². The summed E-state index contributed by atoms with van der Waals surface area (Å²) in [4.78, 5) is 30.4. The molecule has 0 unspecified atom stereocenters. The van der Waals surface area contributed by atoms with E-state index in [1.54, 1.807) is 6.07 Å². The first-order valence-corrected chi connectivity index (χ1v) is 10.6. The number of aromatic amines is 1. The topological polar surface area (TPSA) is 88.8 Å². The van der Waals surface area contributed by atoms with Gasteiger partial charge in [-0.25, -0.2) is 13.2 Å². The van der Waals surface area contributed by atoms with E-state index >= 15 is 0 Å². The molecule has 1 fully saturated rings. The van der Waals surface area contributed by atoms with Crippen molar-refractivity contribution in [2.24, 2.45) is 5.73 Å². The lowest BCUT2D eigenvalue weighted by atomic mass is 9.84. The van der Waals surface area contributed by atoms with Crippen molar-refractivity contribution in [2.75, 3.05) is 0 Å². The second kappa shape index (κ2) is 10.9. The molecule has 1 atom stereocenters. The molecule has 3 N–H and O–H groups in total. The molecule has 0 bridgehead atoms. The molecular formula is C24H28F3N3O2. The maximum Gasteiger partial charge on any atom is 0.268 e. The Morgan fingerprint density at radius 1 is 1.22 bits per heavy atom. The minimum atomic E-state index is -2.70. The molecular weight excluding hydrogens is 419 g/mol. The number of aryl methyl sites for hydroxylation is 1. The molecule has 2 heterocycles. The molecule has 1 aliphatic carbocycles. The van der Waals surface area contributed by atoms with Crippen LogP contribution in [0.1, 0.15) is 67.2 Å². The van der Waals surface area contributed by atoms with Crippen molar-refractivity contribution in [1.29, 1.82) is 0 Å². The number of alkyl halides is 2. The number of carbonyl (C=O) groups is 1. The number of carbonyl (C=O) groups excluding carboxylic acids is 1. The Balaban J connectivity index is 0.000000304. The molecule has 1 saturated carbocycles. The van der Waals surface area contributed by atoms with Gasteiger partial charge in [0.1, 0.15) is 11.5 Å². The third kappa shape index (κ3) is 6.42. The minimum Gasteiger partial charge on any atom is -0.364 e. The van der Waals surface area contributed by atoms with Gasteiger partial charge in [0.15, 0.2) is 5.43 Å². The lowest BCUT2D eigenvalue weighted by Gasteiger charge is -2.29. The van der Waals surface area contributed by atoms with Gasteiger partial charge in [0.25, 0.3) is 5.91 Å². The van der Waals surface area contributed by atoms with Crippen molar-refractivity contribution in [2.45, 2.75) is 58.3 Å². The Bertz CT molecular complexity index is 1110. The van der Waals surface area contributed by atoms with Gasteiger partial charge in [-0.15, -0.1) is 0 Å². The number of benzene rings is 1. The normalized spacial score (nSPS) is 16.9. The van der Waals surface area contributed by atoms with E-state index in [-0.39, 0.29) is 29.7 Å². The van der Waals surface area contributed by atoms with E-state index in [1.807, 2.05) is 26.8 Å². The molecule has 4 rings (SSSR count). The van der Waals surface area contributed by atoms with E-state index in [0.29, 0.717) is 24.1 Å². The zero-order valence-electron chi connectivity index (χ0n) is 18.4. The van der Waals surface area contributed by atoms with Crippen LogP contribution in [0.4, 0.5) is 13.2 Å². The summed E-state index contributed by atoms with van der Waals surface area (Å²) in [6, 6.07) is 9.32. The Labute approximate surface area is 184 Å². The van der Waals surface area contributed by atoms with Crippen LogP contribution in [0.15, 0.2) is 47.4 Å². The van der Waals surface area contributed by atoms with Crippen LogP contribution in [0, 0.1) is 12.7 Å². The van der Waals surface area contributed by atoms with Crippen LogP contribution in [-0.2, 0) is 0 Å². The standard InChI is InChI=1S/C15H15F2N3O2.C7H7F.C2H6/c16-15(17)4-1-2-8(7-15)10-6-11(21)12-9(20-10)3-5-19-13(12)14(18)22;1-6-3-2-4-7(8)5-6;1-2/h3,5-6,8H,1-2,4,7H2,(H2,18,22)(H,20,21);2-5H,1H3;1-2H3/t8-;;/m0../s1. The minimum absolute atomic E-state index is 0.0984. The first kappa shape index (κ1) is 25.1. The summed E-state index contributed by atoms with van der Waals surface area (Å²) in [5.74, 6) is -4.06. The Kier molecular flexibility index (Phi) is 8.57. The van der Waals surface area contributed by atoms with Crippen LogP contribution in [0.25, 0.3) is 10.9 Å². The van der Waals surface area contributed by atoms with Crippen molar-refractivity contribution in [1.82, 2.24) is 9.97 Å². The van der Waals surface area contributed by atoms with Gasteiger partial charge < -0.3 is 10.7 Å². The first-order chi connectivity index (χ1) is 15.2. The molecule has 172 valence electrons. The lowest BCUT2D eigenvalue weighted by Crippen LogP contribution is -2.26. The molecule has 1 amide bonds. The number of aromatic nitrogens is 2. The highest BCUT2D eigenvalue weighted by Gasteiger charge is 2.37. The molecule has 8 heteroatoms. The average Bonchev–Trinajstić information content (AvgIpc) is 2.74. The Hall–Kier alpha value is -3.16. The van der Waals surface area contributed by atoms with Crippen LogP contribution < -0.4 is 11.2 Å². The summed E-state index contributed by atoms with van der Waals surface area (Å²) < 4.78 is 39.3. The number of nitrogens with zero attached hydrogens (tertiary/aromatic N) is 1. The molecule has 0 spiro atoms. The summed E-state index contributed by atoms with van der Waals surface area (Å²) in [5, 5.41) is 0.0984. The number of amides is 1. The molecule has 5 nitrogen and oxygen atoms in total. The van der Waals surface area contributed by atoms with Gasteiger partial charge in [-0.2, -0.15) is 0 Å². The zero-order valence-corrected chi connectivity index (χ0v) is 18.4. The lowest BCUT2D eigenvalue weighted by molar-refractivity contribution is -0.0412. The van der Waals surface area contributed by atoms with E-state index in [1.165, 1.54) is 30.5 Å². The van der Waals surface area contributed by atoms with E-state index in [4.69, 9.17) is 5.73 Å². The van der Waals surface area contributed by atoms with Gasteiger partial charge in [0.05, 0.1) is 10.9 Å². The number of primary amides is 1. The number of fused-ring (bicyclic) bond motifs is 1. The predicted molar refractivity (Wildman–Crippen MR) is 120 cm³/mol. The van der Waals surface area contributed by atoms with E-state index in [2.05, 4.69) is 9.97 Å². The Morgan fingerprint density at radius 3 is 2.50 bits per heavy atom. The molecule has 2 aromatic heterocycles. The fourth-order valence-corrected chi connectivity index (χ4v) is 3.67. The number of pyridine rings is 2. The van der Waals surface area contributed by atoms with Gasteiger partial charge in [-0.3, -0.25) is 14.6 Å². The first-order valence-electron chi connectivity index (χ1n) is 10.6. The van der Waals surface area contributed by atoms with Gasteiger partial charge in [-0.05, 0) is 43.5 Å². The van der Waals surface area contributed by atoms with Gasteiger partial charge >= 0.3 is 0 Å². The number of rotatable bonds is 2. The fourth-order valence-electron chi connectivity index (χ4n) is 3.67. The number of nitrogens with one attached hydrogen (secondary N) is 1. The molecule has 0 aliphatic heterocycles. The van der Waals surface area contributed by atoms with Crippen LogP contribution in [0.2, 0.25) is 0 Å². The molecule has 3 aromatic rings. The number of H-pyrrole nitrogens is 1. The maximum absolute atomic E-state index is 13.6. The van der Waals surface area contributed by atoms with E-state index < -0.39 is 23.2 Å².